The van der Waals surface area contributed by atoms with Gasteiger partial charge in [0, 0.05) is 29.0 Å². The zero-order valence-electron chi connectivity index (χ0n) is 11.4. The molecule has 1 heterocycles. The Balaban J connectivity index is 2.14. The Morgan fingerprint density at radius 1 is 1.40 bits per heavy atom. The van der Waals surface area contributed by atoms with Gasteiger partial charge in [-0.3, -0.25) is 0 Å². The molecule has 1 atom stereocenters. The second-order valence-electron chi connectivity index (χ2n) is 4.40. The molecule has 20 heavy (non-hydrogen) atoms. The van der Waals surface area contributed by atoms with Crippen molar-refractivity contribution in [1.29, 1.82) is 0 Å². The maximum atomic E-state index is 5.46. The molecule has 0 fully saturated rings. The van der Waals surface area contributed by atoms with Crippen LogP contribution in [-0.2, 0) is 6.54 Å². The number of ether oxygens (including phenoxy) is 1. The van der Waals surface area contributed by atoms with Crippen molar-refractivity contribution in [1.82, 2.24) is 15.3 Å². The number of hydrogen-bond acceptors (Lipinski definition) is 3. The van der Waals surface area contributed by atoms with E-state index in [4.69, 9.17) is 4.74 Å². The molecule has 0 bridgehead atoms. The first kappa shape index (κ1) is 15.5. The number of benzene rings is 1. The summed E-state index contributed by atoms with van der Waals surface area (Å²) in [4.78, 5) is 7.46. The maximum Gasteiger partial charge on any atom is 0.137 e. The topological polar surface area (TPSA) is 49.9 Å². The number of nitrogens with one attached hydrogen (secondary N) is 2. The number of aromatic amines is 1. The van der Waals surface area contributed by atoms with Crippen molar-refractivity contribution < 1.29 is 4.74 Å². The Morgan fingerprint density at radius 3 is 2.80 bits per heavy atom. The van der Waals surface area contributed by atoms with Crippen LogP contribution in [0.1, 0.15) is 30.8 Å². The predicted octanol–water partition coefficient (Wildman–Crippen LogP) is 4.18. The van der Waals surface area contributed by atoms with Crippen molar-refractivity contribution >= 4 is 31.9 Å². The fourth-order valence-electron chi connectivity index (χ4n) is 2.11. The Bertz CT molecular complexity index is 558. The van der Waals surface area contributed by atoms with E-state index in [-0.39, 0.29) is 6.04 Å². The molecule has 0 amide bonds. The molecule has 4 nitrogen and oxygen atoms in total. The third-order valence-corrected chi connectivity index (χ3v) is 4.13. The lowest BCUT2D eigenvalue weighted by atomic mass is 10.1. The average Bonchev–Trinajstić information content (AvgIpc) is 2.93. The van der Waals surface area contributed by atoms with Crippen molar-refractivity contribution in [3.8, 4) is 5.75 Å². The summed E-state index contributed by atoms with van der Waals surface area (Å²) in [6.45, 7) is 2.84. The van der Waals surface area contributed by atoms with Crippen LogP contribution >= 0.6 is 31.9 Å². The van der Waals surface area contributed by atoms with Gasteiger partial charge in [-0.15, -0.1) is 0 Å². The van der Waals surface area contributed by atoms with Crippen LogP contribution in [0.3, 0.4) is 0 Å². The van der Waals surface area contributed by atoms with Gasteiger partial charge in [0.25, 0.3) is 0 Å². The van der Waals surface area contributed by atoms with Gasteiger partial charge in [0.05, 0.1) is 17.6 Å². The molecule has 0 aliphatic rings. The summed E-state index contributed by atoms with van der Waals surface area (Å²) >= 11 is 7.03. The maximum absolute atomic E-state index is 5.46. The highest BCUT2D eigenvalue weighted by molar-refractivity contribution is 9.11. The molecular formula is C14H17Br2N3O. The molecule has 108 valence electrons. The van der Waals surface area contributed by atoms with E-state index in [9.17, 15) is 0 Å². The first-order valence-corrected chi connectivity index (χ1v) is 7.98. The Hall–Kier alpha value is -0.850. The van der Waals surface area contributed by atoms with Crippen LogP contribution in [0.5, 0.6) is 5.75 Å². The van der Waals surface area contributed by atoms with Crippen LogP contribution in [0.25, 0.3) is 0 Å². The van der Waals surface area contributed by atoms with E-state index in [1.807, 2.05) is 12.3 Å². The summed E-state index contributed by atoms with van der Waals surface area (Å²) in [6, 6.07) is 4.24. The molecule has 6 heteroatoms. The van der Waals surface area contributed by atoms with Gasteiger partial charge in [0.1, 0.15) is 11.6 Å². The highest BCUT2D eigenvalue weighted by Crippen LogP contribution is 2.33. The van der Waals surface area contributed by atoms with Gasteiger partial charge in [-0.05, 0) is 34.5 Å². The molecule has 0 saturated heterocycles. The van der Waals surface area contributed by atoms with Gasteiger partial charge >= 0.3 is 0 Å². The van der Waals surface area contributed by atoms with E-state index in [0.29, 0.717) is 6.54 Å². The van der Waals surface area contributed by atoms with Gasteiger partial charge < -0.3 is 15.0 Å². The normalized spacial score (nSPS) is 12.4. The standard InChI is InChI=1S/C14H17Br2N3O/c1-3-12(14-17-4-5-18-14)19-8-9-6-10(15)7-11(16)13(9)20-2/h4-7,12,19H,3,8H2,1-2H3,(H,17,18). The lowest BCUT2D eigenvalue weighted by molar-refractivity contribution is 0.401. The van der Waals surface area contributed by atoms with Crippen LogP contribution in [0.15, 0.2) is 33.5 Å². The number of imidazole rings is 1. The van der Waals surface area contributed by atoms with Gasteiger partial charge in [-0.2, -0.15) is 0 Å². The fraction of sp³-hybridized carbons (Fsp3) is 0.357. The van der Waals surface area contributed by atoms with E-state index in [1.54, 1.807) is 13.3 Å². The van der Waals surface area contributed by atoms with Crippen molar-refractivity contribution in [3.05, 3.63) is 44.9 Å². The van der Waals surface area contributed by atoms with Crippen molar-refractivity contribution in [2.75, 3.05) is 7.11 Å². The van der Waals surface area contributed by atoms with Crippen molar-refractivity contribution in [2.24, 2.45) is 0 Å². The molecule has 0 aliphatic heterocycles. The highest BCUT2D eigenvalue weighted by atomic mass is 79.9. The smallest absolute Gasteiger partial charge is 0.137 e. The van der Waals surface area contributed by atoms with Crippen molar-refractivity contribution in [2.45, 2.75) is 25.9 Å². The van der Waals surface area contributed by atoms with E-state index < -0.39 is 0 Å². The zero-order valence-corrected chi connectivity index (χ0v) is 14.6. The van der Waals surface area contributed by atoms with Crippen LogP contribution in [0.2, 0.25) is 0 Å². The van der Waals surface area contributed by atoms with Gasteiger partial charge in [-0.25, -0.2) is 4.98 Å². The molecule has 1 aromatic heterocycles. The van der Waals surface area contributed by atoms with Crippen LogP contribution in [0.4, 0.5) is 0 Å². The molecule has 2 N–H and O–H groups in total. The number of rotatable bonds is 6. The van der Waals surface area contributed by atoms with Gasteiger partial charge in [0.2, 0.25) is 0 Å². The Kier molecular flexibility index (Phi) is 5.63. The molecule has 0 spiro atoms. The highest BCUT2D eigenvalue weighted by Gasteiger charge is 2.14. The number of halogens is 2. The van der Waals surface area contributed by atoms with Crippen LogP contribution < -0.4 is 10.1 Å². The summed E-state index contributed by atoms with van der Waals surface area (Å²) < 4.78 is 7.42. The summed E-state index contributed by atoms with van der Waals surface area (Å²) in [5.74, 6) is 1.82. The van der Waals surface area contributed by atoms with E-state index >= 15 is 0 Å². The van der Waals surface area contributed by atoms with Gasteiger partial charge in [-0.1, -0.05) is 22.9 Å². The van der Waals surface area contributed by atoms with E-state index in [2.05, 4.69) is 60.1 Å². The Labute approximate surface area is 135 Å². The number of H-pyrrole nitrogens is 1. The minimum atomic E-state index is 0.201. The summed E-state index contributed by atoms with van der Waals surface area (Å²) in [5.41, 5.74) is 1.10. The number of methoxy groups -OCH3 is 1. The molecule has 2 aromatic rings. The third kappa shape index (κ3) is 3.62. The van der Waals surface area contributed by atoms with Crippen molar-refractivity contribution in [3.63, 3.8) is 0 Å². The zero-order chi connectivity index (χ0) is 14.5. The average molecular weight is 403 g/mol. The SMILES string of the molecule is CCC(NCc1cc(Br)cc(Br)c1OC)c1ncc[nH]1. The summed E-state index contributed by atoms with van der Waals surface area (Å²) in [6.07, 6.45) is 4.58. The minimum absolute atomic E-state index is 0.201. The molecule has 0 aliphatic carbocycles. The summed E-state index contributed by atoms with van der Waals surface area (Å²) in [5, 5.41) is 3.50. The second-order valence-corrected chi connectivity index (χ2v) is 6.17. The minimum Gasteiger partial charge on any atom is -0.495 e. The monoisotopic (exact) mass is 401 g/mol. The van der Waals surface area contributed by atoms with E-state index in [1.165, 1.54) is 0 Å². The molecular weight excluding hydrogens is 386 g/mol. The molecule has 1 unspecified atom stereocenters. The van der Waals surface area contributed by atoms with Crippen LogP contribution in [0, 0.1) is 0 Å². The van der Waals surface area contributed by atoms with Gasteiger partial charge in [0.15, 0.2) is 0 Å². The number of aromatic nitrogens is 2. The first-order valence-electron chi connectivity index (χ1n) is 6.40. The largest absolute Gasteiger partial charge is 0.495 e. The lowest BCUT2D eigenvalue weighted by Gasteiger charge is -2.17. The van der Waals surface area contributed by atoms with E-state index in [0.717, 1.165) is 32.5 Å². The molecule has 0 radical (unpaired) electrons. The Morgan fingerprint density at radius 2 is 2.20 bits per heavy atom. The first-order chi connectivity index (χ1) is 9.65. The summed E-state index contributed by atoms with van der Waals surface area (Å²) in [7, 11) is 1.68. The lowest BCUT2D eigenvalue weighted by Crippen LogP contribution is -2.21. The molecule has 0 saturated carbocycles. The third-order valence-electron chi connectivity index (χ3n) is 3.09. The number of nitrogens with zero attached hydrogens (tertiary/aromatic N) is 1. The fourth-order valence-corrected chi connectivity index (χ4v) is 3.58. The second kappa shape index (κ2) is 7.24. The predicted molar refractivity (Wildman–Crippen MR) is 86.9 cm³/mol. The molecule has 1 aromatic carbocycles. The van der Waals surface area contributed by atoms with Crippen LogP contribution in [-0.4, -0.2) is 17.1 Å². The number of hydrogen-bond donors (Lipinski definition) is 2. The molecule has 2 rings (SSSR count). The quantitative estimate of drug-likeness (QED) is 0.761.